The van der Waals surface area contributed by atoms with Gasteiger partial charge in [-0.1, -0.05) is 53.9 Å². The van der Waals surface area contributed by atoms with Gasteiger partial charge >= 0.3 is 0 Å². The van der Waals surface area contributed by atoms with E-state index in [1.807, 2.05) is 0 Å². The van der Waals surface area contributed by atoms with Gasteiger partial charge < -0.3 is 4.74 Å². The van der Waals surface area contributed by atoms with Crippen LogP contribution >= 0.6 is 12.6 Å². The van der Waals surface area contributed by atoms with E-state index in [4.69, 9.17) is 4.74 Å². The van der Waals surface area contributed by atoms with Gasteiger partial charge in [-0.3, -0.25) is 0 Å². The van der Waals surface area contributed by atoms with E-state index >= 15 is 0 Å². The van der Waals surface area contributed by atoms with Crippen molar-refractivity contribution in [3.8, 4) is 0 Å². The van der Waals surface area contributed by atoms with Gasteiger partial charge in [0.15, 0.2) is 0 Å². The van der Waals surface area contributed by atoms with Crippen LogP contribution in [0.25, 0.3) is 0 Å². The minimum atomic E-state index is 0.300. The molecule has 0 saturated heterocycles. The Morgan fingerprint density at radius 3 is 2.24 bits per heavy atom. The molecule has 1 nitrogen and oxygen atoms in total. The Hall–Kier alpha value is 0.310. The van der Waals surface area contributed by atoms with Gasteiger partial charge in [0, 0.05) is 5.41 Å². The minimum absolute atomic E-state index is 0.300. The van der Waals surface area contributed by atoms with E-state index in [2.05, 4.69) is 47.2 Å². The van der Waals surface area contributed by atoms with Gasteiger partial charge in [-0.05, 0) is 49.2 Å². The molecule has 1 aliphatic rings. The Morgan fingerprint density at radius 1 is 1.14 bits per heavy atom. The summed E-state index contributed by atoms with van der Waals surface area (Å²) in [5.41, 5.74) is 0.300. The Bertz CT molecular complexity index is 271. The van der Waals surface area contributed by atoms with Gasteiger partial charge in [0.05, 0.1) is 12.7 Å². The van der Waals surface area contributed by atoms with E-state index in [1.165, 1.54) is 44.9 Å². The van der Waals surface area contributed by atoms with E-state index in [0.29, 0.717) is 11.5 Å². The molecule has 0 heterocycles. The average Bonchev–Trinajstić information content (AvgIpc) is 2.45. The molecule has 2 heteroatoms. The van der Waals surface area contributed by atoms with Crippen LogP contribution < -0.4 is 0 Å². The Morgan fingerprint density at radius 2 is 1.76 bits per heavy atom. The summed E-state index contributed by atoms with van der Waals surface area (Å²) in [6.07, 6.45) is 9.42. The normalized spacial score (nSPS) is 27.3. The molecule has 0 aliphatic heterocycles. The number of hydrogen-bond acceptors (Lipinski definition) is 2. The molecule has 126 valence electrons. The second kappa shape index (κ2) is 9.45. The zero-order chi connectivity index (χ0) is 15.9. The molecule has 0 aromatic heterocycles. The van der Waals surface area contributed by atoms with Crippen molar-refractivity contribution in [3.05, 3.63) is 0 Å². The summed E-state index contributed by atoms with van der Waals surface area (Å²) >= 11 is 4.67. The molecular formula is C19H38OS. The summed E-state index contributed by atoms with van der Waals surface area (Å²) in [5, 5.41) is 0. The number of rotatable bonds is 9. The Balaban J connectivity index is 2.66. The molecule has 0 spiro atoms. The third kappa shape index (κ3) is 5.78. The molecule has 0 radical (unpaired) electrons. The minimum Gasteiger partial charge on any atom is -0.377 e. The summed E-state index contributed by atoms with van der Waals surface area (Å²) in [6.45, 7) is 12.6. The zero-order valence-corrected chi connectivity index (χ0v) is 15.9. The van der Waals surface area contributed by atoms with E-state index < -0.39 is 0 Å². The highest BCUT2D eigenvalue weighted by molar-refractivity contribution is 7.80. The van der Waals surface area contributed by atoms with Gasteiger partial charge in [-0.2, -0.15) is 12.6 Å². The van der Waals surface area contributed by atoms with Gasteiger partial charge in [0.1, 0.15) is 0 Å². The molecule has 0 aromatic carbocycles. The van der Waals surface area contributed by atoms with Crippen LogP contribution in [0.4, 0.5) is 0 Å². The predicted molar refractivity (Wildman–Crippen MR) is 97.2 cm³/mol. The van der Waals surface area contributed by atoms with Gasteiger partial charge in [-0.25, -0.2) is 0 Å². The lowest BCUT2D eigenvalue weighted by atomic mass is 9.75. The lowest BCUT2D eigenvalue weighted by Crippen LogP contribution is -2.38. The van der Waals surface area contributed by atoms with Crippen molar-refractivity contribution in [2.24, 2.45) is 23.2 Å². The third-order valence-corrected chi connectivity index (χ3v) is 6.13. The number of thiol groups is 1. The second-order valence-electron chi connectivity index (χ2n) is 7.83. The first-order valence-corrected chi connectivity index (χ1v) is 9.83. The molecule has 1 aliphatic carbocycles. The highest BCUT2D eigenvalue weighted by Crippen LogP contribution is 2.38. The fourth-order valence-electron chi connectivity index (χ4n) is 4.12. The monoisotopic (exact) mass is 314 g/mol. The summed E-state index contributed by atoms with van der Waals surface area (Å²) in [7, 11) is 0. The van der Waals surface area contributed by atoms with Crippen LogP contribution in [0.2, 0.25) is 0 Å². The second-order valence-corrected chi connectivity index (χ2v) is 8.15. The molecule has 21 heavy (non-hydrogen) atoms. The summed E-state index contributed by atoms with van der Waals surface area (Å²) in [5.74, 6) is 3.28. The number of hydrogen-bond donors (Lipinski definition) is 1. The van der Waals surface area contributed by atoms with Crippen molar-refractivity contribution >= 4 is 12.6 Å². The predicted octanol–water partition coefficient (Wildman–Crippen LogP) is 5.98. The topological polar surface area (TPSA) is 9.23 Å². The van der Waals surface area contributed by atoms with Crippen LogP contribution in [-0.4, -0.2) is 18.5 Å². The lowest BCUT2D eigenvalue weighted by molar-refractivity contribution is -0.0717. The van der Waals surface area contributed by atoms with Crippen molar-refractivity contribution < 1.29 is 4.74 Å². The van der Waals surface area contributed by atoms with E-state index in [1.54, 1.807) is 0 Å². The molecule has 0 bridgehead atoms. The third-order valence-electron chi connectivity index (χ3n) is 5.46. The zero-order valence-electron chi connectivity index (χ0n) is 15.0. The first-order valence-electron chi connectivity index (χ1n) is 9.20. The molecular weight excluding hydrogens is 276 g/mol. The maximum atomic E-state index is 6.54. The molecule has 1 saturated carbocycles. The first kappa shape index (κ1) is 19.4. The van der Waals surface area contributed by atoms with Crippen LogP contribution in [0.1, 0.15) is 79.6 Å². The quantitative estimate of drug-likeness (QED) is 0.515. The molecule has 0 N–H and O–H groups in total. The average molecular weight is 315 g/mol. The maximum absolute atomic E-state index is 6.54. The van der Waals surface area contributed by atoms with Crippen molar-refractivity contribution in [1.82, 2.24) is 0 Å². The lowest BCUT2D eigenvalue weighted by Gasteiger charge is -2.40. The smallest absolute Gasteiger partial charge is 0.0608 e. The van der Waals surface area contributed by atoms with Crippen LogP contribution in [-0.2, 0) is 4.74 Å². The van der Waals surface area contributed by atoms with Crippen LogP contribution in [0.3, 0.4) is 0 Å². The fourth-order valence-corrected chi connectivity index (χ4v) is 4.53. The highest BCUT2D eigenvalue weighted by atomic mass is 32.1. The van der Waals surface area contributed by atoms with Crippen LogP contribution in [0.15, 0.2) is 0 Å². The van der Waals surface area contributed by atoms with E-state index in [9.17, 15) is 0 Å². The van der Waals surface area contributed by atoms with Crippen molar-refractivity contribution in [3.63, 3.8) is 0 Å². The summed E-state index contributed by atoms with van der Waals surface area (Å²) in [4.78, 5) is 0. The van der Waals surface area contributed by atoms with Crippen molar-refractivity contribution in [2.45, 2.75) is 85.7 Å². The highest BCUT2D eigenvalue weighted by Gasteiger charge is 2.34. The summed E-state index contributed by atoms with van der Waals surface area (Å²) < 4.78 is 6.54. The maximum Gasteiger partial charge on any atom is 0.0608 e. The summed E-state index contributed by atoms with van der Waals surface area (Å²) in [6, 6.07) is 0. The van der Waals surface area contributed by atoms with Gasteiger partial charge in [-0.15, -0.1) is 0 Å². The van der Waals surface area contributed by atoms with Crippen LogP contribution in [0, 0.1) is 23.2 Å². The SMILES string of the molecule is CCCC(CS)(CCC)COC1CC(C)CCC1C(C)C. The largest absolute Gasteiger partial charge is 0.377 e. The Kier molecular flexibility index (Phi) is 8.71. The number of ether oxygens (including phenoxy) is 1. The molecule has 0 aromatic rings. The molecule has 1 rings (SSSR count). The van der Waals surface area contributed by atoms with Crippen molar-refractivity contribution in [1.29, 1.82) is 0 Å². The fraction of sp³-hybridized carbons (Fsp3) is 1.00. The molecule has 1 fully saturated rings. The van der Waals surface area contributed by atoms with E-state index in [-0.39, 0.29) is 0 Å². The van der Waals surface area contributed by atoms with Crippen molar-refractivity contribution in [2.75, 3.05) is 12.4 Å². The van der Waals surface area contributed by atoms with Crippen LogP contribution in [0.5, 0.6) is 0 Å². The molecule has 3 unspecified atom stereocenters. The Labute approximate surface area is 139 Å². The van der Waals surface area contributed by atoms with E-state index in [0.717, 1.165) is 30.1 Å². The van der Waals surface area contributed by atoms with Gasteiger partial charge in [0.2, 0.25) is 0 Å². The molecule has 0 amide bonds. The first-order chi connectivity index (χ1) is 9.98. The standard InChI is InChI=1S/C19H38OS/c1-6-10-19(14-21,11-7-2)13-20-18-12-16(5)8-9-17(18)15(3)4/h15-18,21H,6-14H2,1-5H3. The molecule has 3 atom stereocenters. The van der Waals surface area contributed by atoms with Gasteiger partial charge in [0.25, 0.3) is 0 Å².